The fourth-order valence-electron chi connectivity index (χ4n) is 2.75. The van der Waals surface area contributed by atoms with Crippen molar-refractivity contribution in [3.05, 3.63) is 42.0 Å². The Balaban J connectivity index is 2.38. The fraction of sp³-hybridized carbons (Fsp3) is 0.368. The van der Waals surface area contributed by atoms with Gasteiger partial charge in [0.15, 0.2) is 0 Å². The van der Waals surface area contributed by atoms with Crippen LogP contribution in [0, 0.1) is 0 Å². The molecular weight excluding hydrogens is 386 g/mol. The van der Waals surface area contributed by atoms with Crippen molar-refractivity contribution < 1.29 is 32.0 Å². The summed E-state index contributed by atoms with van der Waals surface area (Å²) < 4.78 is 41.6. The van der Waals surface area contributed by atoms with Gasteiger partial charge in [0.2, 0.25) is 0 Å². The van der Waals surface area contributed by atoms with E-state index in [1.54, 1.807) is 32.0 Å². The van der Waals surface area contributed by atoms with Crippen LogP contribution in [0.5, 0.6) is 5.75 Å². The van der Waals surface area contributed by atoms with Crippen LogP contribution in [0.25, 0.3) is 10.8 Å². The van der Waals surface area contributed by atoms with Crippen LogP contribution < -0.4 is 10.1 Å². The summed E-state index contributed by atoms with van der Waals surface area (Å²) in [7, 11) is -4.30. The predicted molar refractivity (Wildman–Crippen MR) is 104 cm³/mol. The summed E-state index contributed by atoms with van der Waals surface area (Å²) >= 11 is 0. The Hall–Kier alpha value is -2.65. The van der Waals surface area contributed by atoms with Gasteiger partial charge in [-0.25, -0.2) is 4.79 Å². The molecule has 0 aliphatic heterocycles. The first-order valence-corrected chi connectivity index (χ1v) is 10.4. The van der Waals surface area contributed by atoms with Gasteiger partial charge in [-0.3, -0.25) is 9.35 Å². The summed E-state index contributed by atoms with van der Waals surface area (Å²) in [5, 5.41) is 3.95. The monoisotopic (exact) mass is 409 g/mol. The lowest BCUT2D eigenvalue weighted by molar-refractivity contribution is -0.145. The average Bonchev–Trinajstić information content (AvgIpc) is 2.64. The Bertz CT molecular complexity index is 956. The van der Waals surface area contributed by atoms with E-state index in [-0.39, 0.29) is 18.6 Å². The Morgan fingerprint density at radius 2 is 1.82 bits per heavy atom. The molecule has 0 heterocycles. The first kappa shape index (κ1) is 21.6. The zero-order valence-corrected chi connectivity index (χ0v) is 16.5. The summed E-state index contributed by atoms with van der Waals surface area (Å²) in [5.41, 5.74) is 0.237. The minimum atomic E-state index is -4.30. The van der Waals surface area contributed by atoms with Gasteiger partial charge in [0.25, 0.3) is 16.0 Å². The van der Waals surface area contributed by atoms with E-state index < -0.39 is 33.8 Å². The molecule has 28 heavy (non-hydrogen) atoms. The molecule has 2 N–H and O–H groups in total. The van der Waals surface area contributed by atoms with E-state index in [0.717, 1.165) is 5.39 Å². The van der Waals surface area contributed by atoms with Gasteiger partial charge in [-0.2, -0.15) is 8.42 Å². The van der Waals surface area contributed by atoms with E-state index in [0.29, 0.717) is 17.7 Å². The molecule has 2 aromatic carbocycles. The zero-order valence-electron chi connectivity index (χ0n) is 15.7. The number of hydrogen-bond acceptors (Lipinski definition) is 6. The summed E-state index contributed by atoms with van der Waals surface area (Å²) in [6.45, 7) is 3.78. The van der Waals surface area contributed by atoms with Crippen LogP contribution in [-0.2, 0) is 19.6 Å². The number of hydrogen-bond donors (Lipinski definition) is 2. The maximum Gasteiger partial charge on any atom is 0.328 e. The molecule has 0 unspecified atom stereocenters. The number of carbonyl (C=O) groups is 2. The van der Waals surface area contributed by atoms with E-state index in [9.17, 15) is 18.0 Å². The summed E-state index contributed by atoms with van der Waals surface area (Å²) in [5.74, 6) is -1.73. The van der Waals surface area contributed by atoms with Gasteiger partial charge in [-0.05, 0) is 37.1 Å². The zero-order chi connectivity index (χ0) is 20.7. The lowest BCUT2D eigenvalue weighted by atomic mass is 10.0. The van der Waals surface area contributed by atoms with Crippen molar-refractivity contribution in [1.29, 1.82) is 0 Å². The molecule has 0 saturated carbocycles. The van der Waals surface area contributed by atoms with Crippen molar-refractivity contribution in [1.82, 2.24) is 5.32 Å². The number of carbonyl (C=O) groups excluding carboxylic acids is 2. The maximum absolute atomic E-state index is 13.0. The van der Waals surface area contributed by atoms with Crippen LogP contribution in [0.15, 0.2) is 36.4 Å². The van der Waals surface area contributed by atoms with Crippen LogP contribution in [0.4, 0.5) is 0 Å². The SMILES string of the molecule is CCOC(=O)[C@H](CCS(=O)(=O)O)NC(=O)c1c(OCC)ccc2ccccc12. The predicted octanol–water partition coefficient (Wildman–Crippen LogP) is 2.18. The van der Waals surface area contributed by atoms with Crippen LogP contribution >= 0.6 is 0 Å². The van der Waals surface area contributed by atoms with Gasteiger partial charge in [-0.1, -0.05) is 30.3 Å². The molecule has 0 fully saturated rings. The summed E-state index contributed by atoms with van der Waals surface area (Å²) in [4.78, 5) is 25.1. The highest BCUT2D eigenvalue weighted by molar-refractivity contribution is 7.85. The Kier molecular flexibility index (Phi) is 7.36. The van der Waals surface area contributed by atoms with Crippen molar-refractivity contribution in [2.24, 2.45) is 0 Å². The summed E-state index contributed by atoms with van der Waals surface area (Å²) in [6, 6.07) is 9.44. The first-order chi connectivity index (χ1) is 13.3. The lowest BCUT2D eigenvalue weighted by Gasteiger charge is -2.19. The highest BCUT2D eigenvalue weighted by atomic mass is 32.2. The van der Waals surface area contributed by atoms with Gasteiger partial charge >= 0.3 is 5.97 Å². The van der Waals surface area contributed by atoms with E-state index in [4.69, 9.17) is 14.0 Å². The van der Waals surface area contributed by atoms with E-state index in [1.807, 2.05) is 18.2 Å². The highest BCUT2D eigenvalue weighted by Gasteiger charge is 2.26. The average molecular weight is 409 g/mol. The van der Waals surface area contributed by atoms with Gasteiger partial charge in [0.05, 0.1) is 24.5 Å². The third kappa shape index (κ3) is 5.67. The number of ether oxygens (including phenoxy) is 2. The molecule has 1 atom stereocenters. The Morgan fingerprint density at radius 3 is 2.46 bits per heavy atom. The molecule has 0 aromatic heterocycles. The van der Waals surface area contributed by atoms with Gasteiger partial charge in [0.1, 0.15) is 11.8 Å². The topological polar surface area (TPSA) is 119 Å². The fourth-order valence-corrected chi connectivity index (χ4v) is 3.28. The smallest absolute Gasteiger partial charge is 0.328 e. The molecular formula is C19H23NO7S. The molecule has 0 radical (unpaired) electrons. The van der Waals surface area contributed by atoms with Crippen LogP contribution in [-0.4, -0.2) is 49.9 Å². The summed E-state index contributed by atoms with van der Waals surface area (Å²) in [6.07, 6.45) is -0.321. The third-order valence-electron chi connectivity index (χ3n) is 3.96. The molecule has 0 bridgehead atoms. The van der Waals surface area contributed by atoms with Crippen LogP contribution in [0.2, 0.25) is 0 Å². The van der Waals surface area contributed by atoms with E-state index >= 15 is 0 Å². The number of amides is 1. The molecule has 2 rings (SSSR count). The molecule has 8 nitrogen and oxygen atoms in total. The standard InChI is InChI=1S/C19H23NO7S/c1-3-26-16-10-9-13-7-5-6-8-14(13)17(16)18(21)20-15(19(22)27-4-2)11-12-28(23,24)25/h5-10,15H,3-4,11-12H2,1-2H3,(H,20,21)(H,23,24,25)/t15-/m0/s1. The first-order valence-electron chi connectivity index (χ1n) is 8.84. The van der Waals surface area contributed by atoms with Crippen LogP contribution in [0.3, 0.4) is 0 Å². The van der Waals surface area contributed by atoms with Crippen molar-refractivity contribution in [2.75, 3.05) is 19.0 Å². The van der Waals surface area contributed by atoms with E-state index in [2.05, 4.69) is 5.32 Å². The molecule has 1 amide bonds. The minimum absolute atomic E-state index is 0.0650. The van der Waals surface area contributed by atoms with Gasteiger partial charge in [0, 0.05) is 0 Å². The number of rotatable bonds is 9. The number of fused-ring (bicyclic) bond motifs is 1. The second-order valence-electron chi connectivity index (χ2n) is 5.95. The molecule has 0 spiro atoms. The normalized spacial score (nSPS) is 12.4. The second kappa shape index (κ2) is 9.52. The minimum Gasteiger partial charge on any atom is -0.493 e. The van der Waals surface area contributed by atoms with E-state index in [1.165, 1.54) is 0 Å². The van der Waals surface area contributed by atoms with Crippen molar-refractivity contribution in [3.8, 4) is 5.75 Å². The van der Waals surface area contributed by atoms with Crippen molar-refractivity contribution >= 4 is 32.8 Å². The number of nitrogens with one attached hydrogen (secondary N) is 1. The van der Waals surface area contributed by atoms with Crippen molar-refractivity contribution in [2.45, 2.75) is 26.3 Å². The largest absolute Gasteiger partial charge is 0.493 e. The molecule has 0 aliphatic rings. The van der Waals surface area contributed by atoms with Gasteiger partial charge in [-0.15, -0.1) is 0 Å². The Labute approximate surface area is 163 Å². The molecule has 0 saturated heterocycles. The number of esters is 1. The molecule has 2 aromatic rings. The van der Waals surface area contributed by atoms with Gasteiger partial charge < -0.3 is 14.8 Å². The lowest BCUT2D eigenvalue weighted by Crippen LogP contribution is -2.43. The van der Waals surface area contributed by atoms with Crippen molar-refractivity contribution in [3.63, 3.8) is 0 Å². The number of benzene rings is 2. The molecule has 0 aliphatic carbocycles. The maximum atomic E-state index is 13.0. The Morgan fingerprint density at radius 1 is 1.11 bits per heavy atom. The third-order valence-corrected chi connectivity index (χ3v) is 4.71. The second-order valence-corrected chi connectivity index (χ2v) is 7.52. The highest BCUT2D eigenvalue weighted by Crippen LogP contribution is 2.28. The molecule has 152 valence electrons. The molecule has 9 heteroatoms. The van der Waals surface area contributed by atoms with Crippen LogP contribution in [0.1, 0.15) is 30.6 Å². The quantitative estimate of drug-likeness (QED) is 0.481.